The number of halogens is 2. The Bertz CT molecular complexity index is 1920. The van der Waals surface area contributed by atoms with Gasteiger partial charge < -0.3 is 34.5 Å². The van der Waals surface area contributed by atoms with Crippen LogP contribution in [0.25, 0.3) is 0 Å². The average Bonchev–Trinajstić information content (AvgIpc) is 4.00. The van der Waals surface area contributed by atoms with Gasteiger partial charge in [-0.15, -0.1) is 13.2 Å². The summed E-state index contributed by atoms with van der Waals surface area (Å²) in [5, 5.41) is 0. The maximum atomic E-state index is 4.26. The molecule has 0 amide bonds. The van der Waals surface area contributed by atoms with E-state index in [1.165, 1.54) is 72.8 Å². The van der Waals surface area contributed by atoms with Crippen molar-refractivity contribution in [2.45, 2.75) is 193 Å². The fourth-order valence-electron chi connectivity index (χ4n) is 8.76. The van der Waals surface area contributed by atoms with Crippen molar-refractivity contribution in [1.29, 1.82) is 0 Å². The summed E-state index contributed by atoms with van der Waals surface area (Å²) in [6.07, 6.45) is 4.43. The van der Waals surface area contributed by atoms with Crippen molar-refractivity contribution in [2.24, 2.45) is 5.92 Å². The molecule has 4 aromatic rings. The predicted octanol–water partition coefficient (Wildman–Crippen LogP) is 21.2. The first kappa shape index (κ1) is 71.2. The molecule has 0 spiro atoms. The zero-order valence-corrected chi connectivity index (χ0v) is 52.7. The third-order valence-corrected chi connectivity index (χ3v) is 12.0. The predicted molar refractivity (Wildman–Crippen MR) is 321 cm³/mol. The van der Waals surface area contributed by atoms with Gasteiger partial charge in [-0.3, -0.25) is 0 Å². The Morgan fingerprint density at radius 3 is 0.722 bits per heavy atom. The second-order valence-corrected chi connectivity index (χ2v) is 22.0. The molecule has 4 nitrogen and oxygen atoms in total. The van der Waals surface area contributed by atoms with Gasteiger partial charge >= 0.3 is 49.5 Å². The van der Waals surface area contributed by atoms with E-state index < -0.39 is 0 Å². The summed E-state index contributed by atoms with van der Waals surface area (Å²) in [6, 6.07) is 27.2. The molecule has 1 fully saturated rings. The van der Waals surface area contributed by atoms with Gasteiger partial charge in [-0.25, -0.2) is 0 Å². The molecule has 414 valence electrons. The zero-order chi connectivity index (χ0) is 53.7. The summed E-state index contributed by atoms with van der Waals surface area (Å²) in [4.78, 5) is 9.66. The van der Waals surface area contributed by atoms with E-state index in [9.17, 15) is 0 Å². The number of para-hydroxylation sites is 4. The summed E-state index contributed by atoms with van der Waals surface area (Å²) in [6.45, 7) is 57.4. The number of anilines is 4. The molecule has 0 unspecified atom stereocenters. The van der Waals surface area contributed by atoms with E-state index in [0.717, 1.165) is 19.0 Å². The van der Waals surface area contributed by atoms with Gasteiger partial charge in [0.2, 0.25) is 0 Å². The monoisotopic (exact) mass is 1110 g/mol. The van der Waals surface area contributed by atoms with E-state index in [1.807, 2.05) is 13.8 Å². The molecule has 2 aliphatic heterocycles. The molecule has 0 saturated carbocycles. The molecule has 0 aliphatic carbocycles. The normalized spacial score (nSPS) is 12.8. The van der Waals surface area contributed by atoms with Crippen LogP contribution in [0.2, 0.25) is 0 Å². The van der Waals surface area contributed by atoms with E-state index in [0.29, 0.717) is 47.3 Å². The van der Waals surface area contributed by atoms with Crippen LogP contribution in [0.1, 0.15) is 237 Å². The van der Waals surface area contributed by atoms with Crippen molar-refractivity contribution in [3.8, 4) is 0 Å². The summed E-state index contributed by atoms with van der Waals surface area (Å²) in [5.74, 6) is 4.81. The van der Waals surface area contributed by atoms with Crippen LogP contribution in [0.4, 0.5) is 22.7 Å². The quantitative estimate of drug-likeness (QED) is 0.0796. The minimum absolute atomic E-state index is 0. The first-order valence-electron chi connectivity index (χ1n) is 25.8. The Kier molecular flexibility index (Phi) is 35.0. The Labute approximate surface area is 470 Å². The molecular weight excluding hydrogens is 1010 g/mol. The van der Waals surface area contributed by atoms with Crippen molar-refractivity contribution < 1.29 is 29.1 Å². The van der Waals surface area contributed by atoms with Gasteiger partial charge in [0.05, 0.1) is 0 Å². The molecule has 0 aromatic heterocycles. The molecule has 0 bridgehead atoms. The molecule has 6 rings (SSSR count). The molecule has 0 radical (unpaired) electrons. The molecule has 0 N–H and O–H groups in total. The molecule has 2 heterocycles. The van der Waals surface area contributed by atoms with E-state index in [4.69, 9.17) is 0 Å². The second-order valence-electron chi connectivity index (χ2n) is 22.0. The molecule has 4 aromatic carbocycles. The van der Waals surface area contributed by atoms with E-state index in [-0.39, 0.29) is 14.9 Å². The summed E-state index contributed by atoms with van der Waals surface area (Å²) in [5.41, 5.74) is 18.1. The molecule has 8 heteroatoms. The van der Waals surface area contributed by atoms with Crippen LogP contribution >= 0.6 is 20.4 Å². The van der Waals surface area contributed by atoms with Crippen LogP contribution in [0, 0.1) is 34.1 Å². The van der Waals surface area contributed by atoms with Crippen LogP contribution in [0.3, 0.4) is 0 Å². The maximum absolute atomic E-state index is 4.26. The third kappa shape index (κ3) is 20.7. The number of nitrogens with zero attached hydrogens (tertiary/aromatic N) is 4. The summed E-state index contributed by atoms with van der Waals surface area (Å²) < 4.78 is 0. The van der Waals surface area contributed by atoms with Gasteiger partial charge in [-0.1, -0.05) is 210 Å². The first-order chi connectivity index (χ1) is 32.9. The number of allylic oxidation sites excluding steroid dienone is 1. The number of rotatable bonds is 12. The Morgan fingerprint density at radius 2 is 0.556 bits per heavy atom. The summed E-state index contributed by atoms with van der Waals surface area (Å²) >= 11 is 6.69. The fourth-order valence-corrected chi connectivity index (χ4v) is 8.76. The van der Waals surface area contributed by atoms with E-state index >= 15 is 0 Å². The molecule has 72 heavy (non-hydrogen) atoms. The van der Waals surface area contributed by atoms with Gasteiger partial charge in [-0.2, -0.15) is 6.67 Å². The van der Waals surface area contributed by atoms with Crippen molar-refractivity contribution in [2.75, 3.05) is 32.7 Å². The van der Waals surface area contributed by atoms with E-state index in [2.05, 4.69) is 306 Å². The Morgan fingerprint density at radius 1 is 0.389 bits per heavy atom. The molecule has 0 atom stereocenters. The molecule has 2 aliphatic rings. The van der Waals surface area contributed by atoms with Crippen molar-refractivity contribution >= 4 is 43.1 Å². The molecule has 1 saturated heterocycles. The summed E-state index contributed by atoms with van der Waals surface area (Å²) in [7, 11) is 8.53. The average molecular weight is 1110 g/mol. The second kappa shape index (κ2) is 35.4. The van der Waals surface area contributed by atoms with Gasteiger partial charge in [-0.05, 0) is 124 Å². The van der Waals surface area contributed by atoms with Crippen molar-refractivity contribution in [1.82, 2.24) is 0 Å². The standard InChI is InChI=1S/C27H39N2.C27H37N2.C4H10.C4H8.2CH3.2ClH.2Ni/c2*1-18(2)22-11-9-12-23(19(3)4)26(22)28-15-16-29(17-28)27-24(20(5)6)13-10-14-25(27)21(7)8;2*1-4(2)3;;;;;;/h9-14,17-21H,15-16H2,1-8H3;9-21H,1-8H3;4H,1-3H3;1H2,2-3H3;2*1H3;2*1H;;/q2*-1;;;2*-1;;;2*+1/p-2. The molecular formula is C64H100Cl2N4Ni2-4. The van der Waals surface area contributed by atoms with Gasteiger partial charge in [0.1, 0.15) is 0 Å². The SMILES string of the molecule is C=C(C)C.CC(C)C.CC(C)c1cccc(C(C)C)c1N1C=CN(c2c(C(C)C)cccc2C(C)C)[CH-]1.CC(C)c1cccc(C(C)C)c1N1[CH-]N(c2c(C(C)C)cccc2C(C)C)CC1.[CH3-].[CH3-].[Cl][Ni].[Cl][Ni]. The van der Waals surface area contributed by atoms with Crippen LogP contribution in [-0.2, 0) is 29.1 Å². The van der Waals surface area contributed by atoms with Crippen LogP contribution in [-0.4, -0.2) is 13.1 Å². The van der Waals surface area contributed by atoms with Gasteiger partial charge in [0.15, 0.2) is 0 Å². The Balaban J connectivity index is 0. The van der Waals surface area contributed by atoms with Crippen molar-refractivity contribution in [3.05, 3.63) is 170 Å². The van der Waals surface area contributed by atoms with Crippen molar-refractivity contribution in [3.63, 3.8) is 0 Å². The number of benzene rings is 4. The first-order valence-corrected chi connectivity index (χ1v) is 28.5. The van der Waals surface area contributed by atoms with Gasteiger partial charge in [0.25, 0.3) is 0 Å². The van der Waals surface area contributed by atoms with Gasteiger partial charge in [0, 0.05) is 35.8 Å². The fraction of sp³-hybridized carbons (Fsp3) is 0.500. The Hall–Kier alpha value is -2.87. The van der Waals surface area contributed by atoms with Crippen LogP contribution in [0.5, 0.6) is 0 Å². The number of hydrogen-bond acceptors (Lipinski definition) is 4. The van der Waals surface area contributed by atoms with E-state index in [1.54, 1.807) is 0 Å². The minimum atomic E-state index is 0. The number of hydrogen-bond donors (Lipinski definition) is 0. The van der Waals surface area contributed by atoms with Crippen LogP contribution < -0.4 is 19.6 Å². The topological polar surface area (TPSA) is 13.0 Å². The zero-order valence-electron chi connectivity index (χ0n) is 49.2. The third-order valence-electron chi connectivity index (χ3n) is 12.0. The van der Waals surface area contributed by atoms with Crippen LogP contribution in [0.15, 0.2) is 97.3 Å².